The highest BCUT2D eigenvalue weighted by atomic mass is 16.2. The molecule has 0 heterocycles. The van der Waals surface area contributed by atoms with Crippen molar-refractivity contribution in [3.05, 3.63) is 0 Å². The molecule has 0 aromatic rings. The number of nitriles is 1. The molecule has 0 fully saturated rings. The van der Waals surface area contributed by atoms with Crippen LogP contribution in [-0.4, -0.2) is 23.4 Å². The lowest BCUT2D eigenvalue weighted by Gasteiger charge is -2.28. The van der Waals surface area contributed by atoms with Crippen LogP contribution in [0.3, 0.4) is 0 Å². The van der Waals surface area contributed by atoms with Crippen LogP contribution in [0.4, 0.5) is 0 Å². The summed E-state index contributed by atoms with van der Waals surface area (Å²) in [6.07, 6.45) is 0.446. The van der Waals surface area contributed by atoms with Gasteiger partial charge in [0, 0.05) is 13.5 Å². The summed E-state index contributed by atoms with van der Waals surface area (Å²) in [6.45, 7) is 5.23. The van der Waals surface area contributed by atoms with Crippen molar-refractivity contribution >= 4 is 5.91 Å². The lowest BCUT2D eigenvalue weighted by Crippen LogP contribution is -2.43. The second-order valence-corrected chi connectivity index (χ2v) is 2.98. The topological polar surface area (TPSA) is 44.1 Å². The summed E-state index contributed by atoms with van der Waals surface area (Å²) in [5, 5.41) is 8.66. The fraction of sp³-hybridized carbons (Fsp3) is 0.750. The monoisotopic (exact) mass is 154 g/mol. The van der Waals surface area contributed by atoms with Crippen LogP contribution in [0.15, 0.2) is 0 Å². The molecule has 0 aromatic carbocycles. The molecular formula is C8H14N2O. The number of amides is 1. The van der Waals surface area contributed by atoms with E-state index in [1.54, 1.807) is 27.8 Å². The molecular weight excluding hydrogens is 140 g/mol. The smallest absolute Gasteiger partial charge is 0.223 e. The van der Waals surface area contributed by atoms with Crippen molar-refractivity contribution in [3.63, 3.8) is 0 Å². The number of hydrogen-bond donors (Lipinski definition) is 0. The van der Waals surface area contributed by atoms with Gasteiger partial charge in [0.2, 0.25) is 5.91 Å². The van der Waals surface area contributed by atoms with Gasteiger partial charge in [-0.05, 0) is 13.8 Å². The normalized spacial score (nSPS) is 10.5. The first kappa shape index (κ1) is 9.96. The van der Waals surface area contributed by atoms with E-state index in [0.717, 1.165) is 0 Å². The van der Waals surface area contributed by atoms with E-state index in [1.165, 1.54) is 4.90 Å². The predicted octanol–water partition coefficient (Wildman–Crippen LogP) is 1.16. The Balaban J connectivity index is 4.38. The van der Waals surface area contributed by atoms with Crippen LogP contribution >= 0.6 is 0 Å². The minimum absolute atomic E-state index is 0.00319. The van der Waals surface area contributed by atoms with Gasteiger partial charge in [0.1, 0.15) is 5.54 Å². The summed E-state index contributed by atoms with van der Waals surface area (Å²) in [5.41, 5.74) is -0.687. The lowest BCUT2D eigenvalue weighted by molar-refractivity contribution is -0.132. The van der Waals surface area contributed by atoms with Crippen molar-refractivity contribution in [1.82, 2.24) is 4.90 Å². The Kier molecular flexibility index (Phi) is 3.06. The Morgan fingerprint density at radius 1 is 1.64 bits per heavy atom. The maximum atomic E-state index is 11.1. The molecule has 0 saturated carbocycles. The largest absolute Gasteiger partial charge is 0.328 e. The van der Waals surface area contributed by atoms with Gasteiger partial charge in [-0.2, -0.15) is 5.26 Å². The fourth-order valence-electron chi connectivity index (χ4n) is 0.624. The molecule has 11 heavy (non-hydrogen) atoms. The average molecular weight is 154 g/mol. The van der Waals surface area contributed by atoms with Crippen molar-refractivity contribution < 1.29 is 4.79 Å². The van der Waals surface area contributed by atoms with E-state index in [9.17, 15) is 4.79 Å². The van der Waals surface area contributed by atoms with Crippen LogP contribution in [0, 0.1) is 11.3 Å². The minimum Gasteiger partial charge on any atom is -0.328 e. The first-order valence-corrected chi connectivity index (χ1v) is 3.63. The van der Waals surface area contributed by atoms with Gasteiger partial charge in [0.25, 0.3) is 0 Å². The number of carbonyl (C=O) groups is 1. The van der Waals surface area contributed by atoms with Crippen molar-refractivity contribution in [2.45, 2.75) is 32.7 Å². The highest BCUT2D eigenvalue weighted by molar-refractivity contribution is 5.76. The van der Waals surface area contributed by atoms with Gasteiger partial charge in [0.15, 0.2) is 0 Å². The summed E-state index contributed by atoms with van der Waals surface area (Å²) in [6, 6.07) is 2.06. The lowest BCUT2D eigenvalue weighted by atomic mass is 10.1. The van der Waals surface area contributed by atoms with E-state index in [4.69, 9.17) is 5.26 Å². The standard InChI is InChI=1S/C8H14N2O/c1-5-7(11)10(4)8(2,3)6-9/h5H2,1-4H3. The minimum atomic E-state index is -0.687. The Hall–Kier alpha value is -1.04. The van der Waals surface area contributed by atoms with E-state index >= 15 is 0 Å². The first-order chi connectivity index (χ1) is 4.95. The molecule has 3 heteroatoms. The van der Waals surface area contributed by atoms with Crippen molar-refractivity contribution in [2.24, 2.45) is 0 Å². The molecule has 0 atom stereocenters. The van der Waals surface area contributed by atoms with Crippen molar-refractivity contribution in [3.8, 4) is 6.07 Å². The molecule has 0 aliphatic heterocycles. The van der Waals surface area contributed by atoms with E-state index in [-0.39, 0.29) is 5.91 Å². The first-order valence-electron chi connectivity index (χ1n) is 3.63. The molecule has 0 aromatic heterocycles. The maximum Gasteiger partial charge on any atom is 0.223 e. The van der Waals surface area contributed by atoms with Gasteiger partial charge < -0.3 is 4.90 Å². The zero-order valence-corrected chi connectivity index (χ0v) is 7.51. The van der Waals surface area contributed by atoms with Gasteiger partial charge in [-0.15, -0.1) is 0 Å². The second-order valence-electron chi connectivity index (χ2n) is 2.98. The molecule has 0 unspecified atom stereocenters. The van der Waals surface area contributed by atoms with Gasteiger partial charge in [-0.1, -0.05) is 6.92 Å². The van der Waals surface area contributed by atoms with E-state index in [0.29, 0.717) is 6.42 Å². The zero-order chi connectivity index (χ0) is 9.07. The predicted molar refractivity (Wildman–Crippen MR) is 42.8 cm³/mol. The van der Waals surface area contributed by atoms with E-state index in [2.05, 4.69) is 6.07 Å². The molecule has 0 aliphatic rings. The maximum absolute atomic E-state index is 11.1. The molecule has 62 valence electrons. The van der Waals surface area contributed by atoms with Gasteiger partial charge >= 0.3 is 0 Å². The Morgan fingerprint density at radius 2 is 2.09 bits per heavy atom. The third-order valence-electron chi connectivity index (χ3n) is 1.79. The Labute approximate surface area is 67.6 Å². The number of rotatable bonds is 2. The Bertz CT molecular complexity index is 191. The molecule has 3 nitrogen and oxygen atoms in total. The summed E-state index contributed by atoms with van der Waals surface area (Å²) in [4.78, 5) is 12.6. The summed E-state index contributed by atoms with van der Waals surface area (Å²) < 4.78 is 0. The highest BCUT2D eigenvalue weighted by Crippen LogP contribution is 2.11. The van der Waals surface area contributed by atoms with Crippen LogP contribution in [0.5, 0.6) is 0 Å². The fourth-order valence-corrected chi connectivity index (χ4v) is 0.624. The molecule has 0 rings (SSSR count). The van der Waals surface area contributed by atoms with Crippen molar-refractivity contribution in [1.29, 1.82) is 5.26 Å². The molecule has 0 radical (unpaired) electrons. The zero-order valence-electron chi connectivity index (χ0n) is 7.51. The van der Waals surface area contributed by atoms with E-state index < -0.39 is 5.54 Å². The van der Waals surface area contributed by atoms with Crippen molar-refractivity contribution in [2.75, 3.05) is 7.05 Å². The van der Waals surface area contributed by atoms with Crippen LogP contribution in [0.25, 0.3) is 0 Å². The summed E-state index contributed by atoms with van der Waals surface area (Å²) in [7, 11) is 1.65. The SMILES string of the molecule is CCC(=O)N(C)C(C)(C)C#N. The van der Waals surface area contributed by atoms with Crippen LogP contribution in [0.1, 0.15) is 27.2 Å². The molecule has 1 amide bonds. The van der Waals surface area contributed by atoms with Crippen LogP contribution in [-0.2, 0) is 4.79 Å². The highest BCUT2D eigenvalue weighted by Gasteiger charge is 2.25. The number of carbonyl (C=O) groups excluding carboxylic acids is 1. The third kappa shape index (κ3) is 2.23. The quantitative estimate of drug-likeness (QED) is 0.599. The van der Waals surface area contributed by atoms with Gasteiger partial charge in [-0.25, -0.2) is 0 Å². The van der Waals surface area contributed by atoms with Gasteiger partial charge in [-0.3, -0.25) is 4.79 Å². The molecule has 0 N–H and O–H groups in total. The summed E-state index contributed by atoms with van der Waals surface area (Å²) >= 11 is 0. The average Bonchev–Trinajstić information content (AvgIpc) is 2.01. The second kappa shape index (κ2) is 3.38. The van der Waals surface area contributed by atoms with E-state index in [1.807, 2.05) is 0 Å². The van der Waals surface area contributed by atoms with Gasteiger partial charge in [0.05, 0.1) is 6.07 Å². The van der Waals surface area contributed by atoms with Crippen LogP contribution in [0.2, 0.25) is 0 Å². The third-order valence-corrected chi connectivity index (χ3v) is 1.79. The molecule has 0 aliphatic carbocycles. The van der Waals surface area contributed by atoms with Crippen LogP contribution < -0.4 is 0 Å². The molecule has 0 bridgehead atoms. The Morgan fingerprint density at radius 3 is 2.36 bits per heavy atom. The molecule has 0 spiro atoms. The summed E-state index contributed by atoms with van der Waals surface area (Å²) in [5.74, 6) is -0.00319. The number of nitrogens with zero attached hydrogens (tertiary/aromatic N) is 2. The number of hydrogen-bond acceptors (Lipinski definition) is 2. The molecule has 0 saturated heterocycles.